The summed E-state index contributed by atoms with van der Waals surface area (Å²) >= 11 is 5.16. The summed E-state index contributed by atoms with van der Waals surface area (Å²) in [6.45, 7) is 7.75. The molecule has 16 heavy (non-hydrogen) atoms. The number of ether oxygens (including phenoxy) is 1. The monoisotopic (exact) mass is 247 g/mol. The van der Waals surface area contributed by atoms with Crippen LogP contribution in [0.1, 0.15) is 13.8 Å². The molecular formula is C11H25N3OS. The van der Waals surface area contributed by atoms with Crippen LogP contribution in [0.15, 0.2) is 0 Å². The molecule has 0 saturated heterocycles. The summed E-state index contributed by atoms with van der Waals surface area (Å²) < 4.78 is 4.93. The summed E-state index contributed by atoms with van der Waals surface area (Å²) in [6, 6.07) is 0. The first-order valence-corrected chi connectivity index (χ1v) is 5.93. The predicted octanol–water partition coefficient (Wildman–Crippen LogP) is 0.685. The topological polar surface area (TPSA) is 36.5 Å². The van der Waals surface area contributed by atoms with E-state index in [1.165, 1.54) is 0 Å². The van der Waals surface area contributed by atoms with Gasteiger partial charge in [-0.05, 0) is 31.7 Å². The van der Waals surface area contributed by atoms with E-state index in [2.05, 4.69) is 43.5 Å². The fourth-order valence-electron chi connectivity index (χ4n) is 1.56. The molecule has 2 N–H and O–H groups in total. The van der Waals surface area contributed by atoms with E-state index in [1.807, 2.05) is 0 Å². The number of rotatable bonds is 7. The van der Waals surface area contributed by atoms with Gasteiger partial charge in [0.05, 0.1) is 6.61 Å². The molecule has 0 aliphatic heterocycles. The van der Waals surface area contributed by atoms with Crippen molar-refractivity contribution in [2.45, 2.75) is 13.8 Å². The molecule has 0 aromatic rings. The van der Waals surface area contributed by atoms with Crippen LogP contribution in [0, 0.1) is 5.41 Å². The zero-order valence-corrected chi connectivity index (χ0v) is 11.9. The fraction of sp³-hybridized carbons (Fsp3) is 0.909. The zero-order valence-electron chi connectivity index (χ0n) is 11.1. The number of thiocarbonyl (C=S) groups is 1. The van der Waals surface area contributed by atoms with Gasteiger partial charge in [0.25, 0.3) is 0 Å². The maximum atomic E-state index is 5.16. The third-order valence-corrected chi connectivity index (χ3v) is 2.35. The number of nitrogens with zero attached hydrogens (tertiary/aromatic N) is 1. The van der Waals surface area contributed by atoms with Crippen LogP contribution < -0.4 is 10.6 Å². The van der Waals surface area contributed by atoms with E-state index < -0.39 is 0 Å². The van der Waals surface area contributed by atoms with Gasteiger partial charge in [-0.1, -0.05) is 13.8 Å². The van der Waals surface area contributed by atoms with Crippen molar-refractivity contribution in [1.82, 2.24) is 15.5 Å². The molecule has 0 saturated carbocycles. The van der Waals surface area contributed by atoms with Gasteiger partial charge in [0.15, 0.2) is 5.11 Å². The maximum absolute atomic E-state index is 5.16. The Kier molecular flexibility index (Phi) is 7.62. The smallest absolute Gasteiger partial charge is 0.166 e. The molecule has 96 valence electrons. The first kappa shape index (κ1) is 15.6. The van der Waals surface area contributed by atoms with E-state index in [9.17, 15) is 0 Å². The average molecular weight is 247 g/mol. The highest BCUT2D eigenvalue weighted by Gasteiger charge is 2.18. The average Bonchev–Trinajstić information content (AvgIpc) is 2.13. The van der Waals surface area contributed by atoms with Crippen LogP contribution in [-0.2, 0) is 4.74 Å². The molecule has 0 amide bonds. The lowest BCUT2D eigenvalue weighted by atomic mass is 9.93. The quantitative estimate of drug-likeness (QED) is 0.511. The van der Waals surface area contributed by atoms with Gasteiger partial charge < -0.3 is 20.3 Å². The van der Waals surface area contributed by atoms with Crippen molar-refractivity contribution in [2.24, 2.45) is 5.41 Å². The summed E-state index contributed by atoms with van der Waals surface area (Å²) in [7, 11) is 5.84. The Morgan fingerprint density at radius 2 is 1.94 bits per heavy atom. The van der Waals surface area contributed by atoms with Gasteiger partial charge in [0, 0.05) is 26.7 Å². The van der Waals surface area contributed by atoms with Crippen molar-refractivity contribution >= 4 is 17.3 Å². The Labute approximate surface area is 105 Å². The molecule has 0 aromatic carbocycles. The largest absolute Gasteiger partial charge is 0.383 e. The standard InChI is InChI=1S/C11H25N3OS/c1-11(2,9-14(3)4)8-13-10(16)12-6-7-15-5/h6-9H2,1-5H3,(H2,12,13,16). The Morgan fingerprint density at radius 3 is 2.44 bits per heavy atom. The first-order valence-electron chi connectivity index (χ1n) is 5.53. The maximum Gasteiger partial charge on any atom is 0.166 e. The second kappa shape index (κ2) is 7.81. The van der Waals surface area contributed by atoms with Gasteiger partial charge in [0.1, 0.15) is 0 Å². The van der Waals surface area contributed by atoms with Crippen LogP contribution in [-0.4, -0.2) is 57.5 Å². The van der Waals surface area contributed by atoms with Gasteiger partial charge in [-0.3, -0.25) is 0 Å². The normalized spacial score (nSPS) is 11.6. The van der Waals surface area contributed by atoms with Crippen LogP contribution in [0.3, 0.4) is 0 Å². The Balaban J connectivity index is 3.72. The fourth-order valence-corrected chi connectivity index (χ4v) is 1.73. The van der Waals surface area contributed by atoms with Gasteiger partial charge in [-0.2, -0.15) is 0 Å². The van der Waals surface area contributed by atoms with Crippen LogP contribution in [0.2, 0.25) is 0 Å². The molecule has 0 spiro atoms. The first-order chi connectivity index (χ1) is 7.37. The van der Waals surface area contributed by atoms with E-state index in [4.69, 9.17) is 17.0 Å². The van der Waals surface area contributed by atoms with Gasteiger partial charge in [-0.25, -0.2) is 0 Å². The summed E-state index contributed by atoms with van der Waals surface area (Å²) in [6.07, 6.45) is 0. The van der Waals surface area contributed by atoms with Crippen LogP contribution >= 0.6 is 12.2 Å². The molecule has 0 rings (SSSR count). The molecular weight excluding hydrogens is 222 g/mol. The highest BCUT2D eigenvalue weighted by molar-refractivity contribution is 7.80. The number of methoxy groups -OCH3 is 1. The van der Waals surface area contributed by atoms with Crippen molar-refractivity contribution < 1.29 is 4.74 Å². The predicted molar refractivity (Wildman–Crippen MR) is 72.8 cm³/mol. The number of hydrogen-bond donors (Lipinski definition) is 2. The summed E-state index contributed by atoms with van der Waals surface area (Å²) in [5, 5.41) is 7.01. The SMILES string of the molecule is COCCNC(=S)NCC(C)(C)CN(C)C. The Bertz CT molecular complexity index is 207. The zero-order chi connectivity index (χ0) is 12.6. The van der Waals surface area contributed by atoms with Crippen molar-refractivity contribution in [3.63, 3.8) is 0 Å². The van der Waals surface area contributed by atoms with Gasteiger partial charge >= 0.3 is 0 Å². The van der Waals surface area contributed by atoms with Crippen molar-refractivity contribution in [2.75, 3.05) is 47.4 Å². The molecule has 0 fully saturated rings. The van der Waals surface area contributed by atoms with Crippen molar-refractivity contribution in [3.05, 3.63) is 0 Å². The Hall–Kier alpha value is -0.390. The van der Waals surface area contributed by atoms with Crippen LogP contribution in [0.25, 0.3) is 0 Å². The molecule has 0 radical (unpaired) electrons. The molecule has 4 nitrogen and oxygen atoms in total. The minimum atomic E-state index is 0.205. The summed E-state index contributed by atoms with van der Waals surface area (Å²) in [4.78, 5) is 2.18. The number of nitrogens with one attached hydrogen (secondary N) is 2. The van der Waals surface area contributed by atoms with Crippen LogP contribution in [0.4, 0.5) is 0 Å². The van der Waals surface area contributed by atoms with Gasteiger partial charge in [0.2, 0.25) is 0 Å². The number of hydrogen-bond acceptors (Lipinski definition) is 3. The second-order valence-electron chi connectivity index (χ2n) is 5.00. The summed E-state index contributed by atoms with van der Waals surface area (Å²) in [5.74, 6) is 0. The summed E-state index contributed by atoms with van der Waals surface area (Å²) in [5.41, 5.74) is 0.205. The highest BCUT2D eigenvalue weighted by Crippen LogP contribution is 2.13. The molecule has 0 heterocycles. The van der Waals surface area contributed by atoms with E-state index in [-0.39, 0.29) is 5.41 Å². The van der Waals surface area contributed by atoms with Crippen LogP contribution in [0.5, 0.6) is 0 Å². The minimum Gasteiger partial charge on any atom is -0.383 e. The van der Waals surface area contributed by atoms with Crippen molar-refractivity contribution in [1.29, 1.82) is 0 Å². The second-order valence-corrected chi connectivity index (χ2v) is 5.41. The molecule has 0 bridgehead atoms. The van der Waals surface area contributed by atoms with Crippen molar-refractivity contribution in [3.8, 4) is 0 Å². The lowest BCUT2D eigenvalue weighted by Crippen LogP contribution is -2.44. The van der Waals surface area contributed by atoms with E-state index in [1.54, 1.807) is 7.11 Å². The molecule has 5 heteroatoms. The van der Waals surface area contributed by atoms with E-state index in [0.717, 1.165) is 19.6 Å². The van der Waals surface area contributed by atoms with Gasteiger partial charge in [-0.15, -0.1) is 0 Å². The molecule has 0 atom stereocenters. The molecule has 0 aliphatic carbocycles. The lowest BCUT2D eigenvalue weighted by molar-refractivity contribution is 0.203. The molecule has 0 unspecified atom stereocenters. The third-order valence-electron chi connectivity index (χ3n) is 2.06. The minimum absolute atomic E-state index is 0.205. The van der Waals surface area contributed by atoms with E-state index >= 15 is 0 Å². The van der Waals surface area contributed by atoms with E-state index in [0.29, 0.717) is 11.7 Å². The molecule has 0 aliphatic rings. The lowest BCUT2D eigenvalue weighted by Gasteiger charge is -2.29. The molecule has 0 aromatic heterocycles. The highest BCUT2D eigenvalue weighted by atomic mass is 32.1. The Morgan fingerprint density at radius 1 is 1.31 bits per heavy atom. The third kappa shape index (κ3) is 8.88.